The minimum atomic E-state index is -0.0171. The van der Waals surface area contributed by atoms with Crippen molar-refractivity contribution in [3.05, 3.63) is 71.9 Å². The van der Waals surface area contributed by atoms with E-state index in [2.05, 4.69) is 10.3 Å². The molecule has 0 aliphatic rings. The van der Waals surface area contributed by atoms with E-state index in [-0.39, 0.29) is 11.9 Å². The Balaban J connectivity index is 1.65. The molecule has 1 amide bonds. The first-order valence-corrected chi connectivity index (χ1v) is 9.58. The number of fused-ring (bicyclic) bond motifs is 1. The number of para-hydroxylation sites is 1. The number of hydrogen-bond acceptors (Lipinski definition) is 2. The zero-order valence-corrected chi connectivity index (χ0v) is 15.9. The van der Waals surface area contributed by atoms with E-state index < -0.39 is 0 Å². The molecule has 0 bridgehead atoms. The first kappa shape index (κ1) is 19.5. The lowest BCUT2D eigenvalue weighted by Gasteiger charge is -2.23. The number of rotatable bonds is 9. The van der Waals surface area contributed by atoms with Crippen LogP contribution in [0.4, 0.5) is 0 Å². The maximum absolute atomic E-state index is 13.1. The van der Waals surface area contributed by atoms with Crippen molar-refractivity contribution < 1.29 is 4.79 Å². The van der Waals surface area contributed by atoms with E-state index in [4.69, 9.17) is 11.1 Å². The highest BCUT2D eigenvalue weighted by molar-refractivity contribution is 5.88. The second kappa shape index (κ2) is 9.60. The third-order valence-corrected chi connectivity index (χ3v) is 4.76. The van der Waals surface area contributed by atoms with Gasteiger partial charge in [-0.2, -0.15) is 0 Å². The minimum Gasteiger partial charge on any atom is -0.370 e. The molecule has 0 spiro atoms. The van der Waals surface area contributed by atoms with Gasteiger partial charge in [0.2, 0.25) is 5.91 Å². The van der Waals surface area contributed by atoms with Crippen LogP contribution in [-0.4, -0.2) is 34.8 Å². The Morgan fingerprint density at radius 3 is 2.61 bits per heavy atom. The molecule has 0 atom stereocenters. The number of nitrogens with zero attached hydrogens (tertiary/aromatic N) is 1. The maximum atomic E-state index is 13.1. The molecule has 0 aliphatic heterocycles. The van der Waals surface area contributed by atoms with Crippen LogP contribution < -0.4 is 11.1 Å². The number of carbonyl (C=O) groups is 1. The van der Waals surface area contributed by atoms with Gasteiger partial charge in [0.05, 0.1) is 6.42 Å². The average molecular weight is 377 g/mol. The molecule has 3 aromatic rings. The smallest absolute Gasteiger partial charge is 0.227 e. The molecule has 0 aliphatic carbocycles. The molecule has 1 heterocycles. The van der Waals surface area contributed by atoms with Crippen molar-refractivity contribution in [2.24, 2.45) is 5.73 Å². The second-order valence-electron chi connectivity index (χ2n) is 6.88. The normalized spacial score (nSPS) is 10.7. The highest BCUT2D eigenvalue weighted by Gasteiger charge is 2.16. The van der Waals surface area contributed by atoms with Crippen molar-refractivity contribution in [2.45, 2.75) is 25.8 Å². The van der Waals surface area contributed by atoms with Gasteiger partial charge in [-0.3, -0.25) is 10.2 Å². The van der Waals surface area contributed by atoms with E-state index in [9.17, 15) is 4.79 Å². The largest absolute Gasteiger partial charge is 0.370 e. The first-order chi connectivity index (χ1) is 13.6. The number of H-pyrrole nitrogens is 1. The number of aromatic amines is 1. The fourth-order valence-electron chi connectivity index (χ4n) is 3.30. The Morgan fingerprint density at radius 1 is 1.07 bits per heavy atom. The molecule has 0 radical (unpaired) electrons. The van der Waals surface area contributed by atoms with Crippen LogP contribution >= 0.6 is 0 Å². The Bertz CT molecular complexity index is 919. The fraction of sp³-hybridized carbons (Fsp3) is 0.273. The lowest BCUT2D eigenvalue weighted by Crippen LogP contribution is -2.34. The van der Waals surface area contributed by atoms with Gasteiger partial charge in [-0.25, -0.2) is 0 Å². The van der Waals surface area contributed by atoms with Gasteiger partial charge >= 0.3 is 0 Å². The van der Waals surface area contributed by atoms with Crippen LogP contribution in [0.5, 0.6) is 0 Å². The molecule has 146 valence electrons. The van der Waals surface area contributed by atoms with Crippen LogP contribution in [0.2, 0.25) is 0 Å². The summed E-state index contributed by atoms with van der Waals surface area (Å²) in [5, 5.41) is 11.1. The van der Waals surface area contributed by atoms with Crippen molar-refractivity contribution in [3.8, 4) is 0 Å². The van der Waals surface area contributed by atoms with E-state index in [1.807, 2.05) is 65.7 Å². The molecule has 0 saturated carbocycles. The van der Waals surface area contributed by atoms with Gasteiger partial charge in [0, 0.05) is 36.7 Å². The lowest BCUT2D eigenvalue weighted by molar-refractivity contribution is -0.131. The summed E-state index contributed by atoms with van der Waals surface area (Å²) in [5.74, 6) is 0.102. The molecule has 28 heavy (non-hydrogen) atoms. The number of benzene rings is 2. The van der Waals surface area contributed by atoms with E-state index >= 15 is 0 Å². The molecule has 0 unspecified atom stereocenters. The van der Waals surface area contributed by atoms with Crippen LogP contribution in [0.15, 0.2) is 60.8 Å². The minimum absolute atomic E-state index is 0.0171. The molecule has 1 aromatic heterocycles. The molecule has 6 nitrogen and oxygen atoms in total. The van der Waals surface area contributed by atoms with Crippen molar-refractivity contribution in [3.63, 3.8) is 0 Å². The van der Waals surface area contributed by atoms with Crippen molar-refractivity contribution in [2.75, 3.05) is 13.1 Å². The number of unbranched alkanes of at least 4 members (excludes halogenated alkanes) is 1. The summed E-state index contributed by atoms with van der Waals surface area (Å²) in [6.45, 7) is 1.92. The number of amides is 1. The van der Waals surface area contributed by atoms with Gasteiger partial charge in [-0.15, -0.1) is 0 Å². The first-order valence-electron chi connectivity index (χ1n) is 9.58. The average Bonchev–Trinajstić information content (AvgIpc) is 3.10. The summed E-state index contributed by atoms with van der Waals surface area (Å²) in [7, 11) is 0. The highest BCUT2D eigenvalue weighted by Crippen LogP contribution is 2.19. The summed E-state index contributed by atoms with van der Waals surface area (Å²) in [6.07, 6.45) is 4.01. The predicted octanol–water partition coefficient (Wildman–Crippen LogP) is 3.00. The zero-order chi connectivity index (χ0) is 19.8. The Labute approximate surface area is 165 Å². The van der Waals surface area contributed by atoms with Crippen molar-refractivity contribution >= 4 is 22.8 Å². The quantitative estimate of drug-likeness (QED) is 0.262. The van der Waals surface area contributed by atoms with E-state index in [0.29, 0.717) is 26.1 Å². The Kier molecular flexibility index (Phi) is 6.68. The van der Waals surface area contributed by atoms with Crippen molar-refractivity contribution in [1.82, 2.24) is 15.2 Å². The van der Waals surface area contributed by atoms with Gasteiger partial charge in [0.1, 0.15) is 0 Å². The Morgan fingerprint density at radius 2 is 1.82 bits per heavy atom. The molecule has 6 heteroatoms. The van der Waals surface area contributed by atoms with E-state index in [0.717, 1.165) is 34.9 Å². The maximum Gasteiger partial charge on any atom is 0.227 e. The number of nitrogens with two attached hydrogens (primary N) is 1. The van der Waals surface area contributed by atoms with Crippen LogP contribution in [0, 0.1) is 5.41 Å². The van der Waals surface area contributed by atoms with E-state index in [1.165, 1.54) is 0 Å². The molecular formula is C22H27N5O. The van der Waals surface area contributed by atoms with Crippen LogP contribution in [0.25, 0.3) is 10.9 Å². The van der Waals surface area contributed by atoms with E-state index in [1.54, 1.807) is 0 Å². The van der Waals surface area contributed by atoms with Gasteiger partial charge in [-0.05, 0) is 30.0 Å². The molecule has 0 saturated heterocycles. The number of hydrogen-bond donors (Lipinski definition) is 4. The molecule has 5 N–H and O–H groups in total. The second-order valence-corrected chi connectivity index (χ2v) is 6.88. The highest BCUT2D eigenvalue weighted by atomic mass is 16.2. The summed E-state index contributed by atoms with van der Waals surface area (Å²) < 4.78 is 0. The summed E-state index contributed by atoms with van der Waals surface area (Å²) in [6, 6.07) is 18.1. The van der Waals surface area contributed by atoms with Gasteiger partial charge in [0.25, 0.3) is 0 Å². The number of guanidine groups is 1. The Hall–Kier alpha value is -3.28. The molecular weight excluding hydrogens is 350 g/mol. The van der Waals surface area contributed by atoms with Gasteiger partial charge < -0.3 is 20.9 Å². The lowest BCUT2D eigenvalue weighted by atomic mass is 10.1. The summed E-state index contributed by atoms with van der Waals surface area (Å²) in [5.41, 5.74) is 8.51. The summed E-state index contributed by atoms with van der Waals surface area (Å²) >= 11 is 0. The van der Waals surface area contributed by atoms with Crippen LogP contribution in [0.1, 0.15) is 24.0 Å². The van der Waals surface area contributed by atoms with Crippen molar-refractivity contribution in [1.29, 1.82) is 5.41 Å². The predicted molar refractivity (Wildman–Crippen MR) is 113 cm³/mol. The standard InChI is InChI=1S/C22H27N5O/c23-22(24)25-12-6-7-13-27(16-17-8-2-1-3-9-17)21(28)14-18-15-26-20-11-5-4-10-19(18)20/h1-5,8-11,15,26H,6-7,12-14,16H2,(H4,23,24,25). The number of nitrogens with one attached hydrogen (secondary N) is 3. The monoisotopic (exact) mass is 377 g/mol. The van der Waals surface area contributed by atoms with Gasteiger partial charge in [0.15, 0.2) is 5.96 Å². The third kappa shape index (κ3) is 5.36. The van der Waals surface area contributed by atoms with Crippen LogP contribution in [-0.2, 0) is 17.8 Å². The molecule has 0 fully saturated rings. The third-order valence-electron chi connectivity index (χ3n) is 4.76. The SMILES string of the molecule is N=C(N)NCCCCN(Cc1ccccc1)C(=O)Cc1c[nH]c2ccccc12. The van der Waals surface area contributed by atoms with Gasteiger partial charge in [-0.1, -0.05) is 48.5 Å². The molecule has 2 aromatic carbocycles. The topological polar surface area (TPSA) is 98.0 Å². The summed E-state index contributed by atoms with van der Waals surface area (Å²) in [4.78, 5) is 18.2. The zero-order valence-electron chi connectivity index (χ0n) is 15.9. The fourth-order valence-corrected chi connectivity index (χ4v) is 3.30. The number of aromatic nitrogens is 1. The molecule has 3 rings (SSSR count). The number of carbonyl (C=O) groups excluding carboxylic acids is 1. The van der Waals surface area contributed by atoms with Crippen LogP contribution in [0.3, 0.4) is 0 Å².